The summed E-state index contributed by atoms with van der Waals surface area (Å²) in [6, 6.07) is 0. The summed E-state index contributed by atoms with van der Waals surface area (Å²) in [5.41, 5.74) is 0. The second-order valence-corrected chi connectivity index (χ2v) is 20.3. The number of carbonyl (C=O) groups excluding carboxylic acids is 3. The van der Waals surface area contributed by atoms with E-state index in [4.69, 9.17) is 14.2 Å². The van der Waals surface area contributed by atoms with Gasteiger partial charge in [-0.1, -0.05) is 283 Å². The number of rotatable bonds is 55. The fourth-order valence-corrected chi connectivity index (χ4v) is 8.95. The third-order valence-corrected chi connectivity index (χ3v) is 13.5. The molecule has 0 fully saturated rings. The molecule has 0 aromatic rings. The Hall–Kier alpha value is -2.11. The van der Waals surface area contributed by atoms with Crippen molar-refractivity contribution in [3.8, 4) is 0 Å². The largest absolute Gasteiger partial charge is 0.462 e. The highest BCUT2D eigenvalue weighted by Crippen LogP contribution is 2.17. The van der Waals surface area contributed by atoms with Crippen LogP contribution in [-0.2, 0) is 28.6 Å². The Morgan fingerprint density at radius 1 is 0.299 bits per heavy atom. The quantitative estimate of drug-likeness (QED) is 0.0262. The predicted molar refractivity (Wildman–Crippen MR) is 289 cm³/mol. The van der Waals surface area contributed by atoms with E-state index in [1.54, 1.807) is 0 Å². The molecule has 0 aromatic heterocycles. The molecular formula is C61H114O6. The second-order valence-electron chi connectivity index (χ2n) is 20.3. The summed E-state index contributed by atoms with van der Waals surface area (Å²) in [5, 5.41) is 0. The fraction of sp³-hybridized carbons (Fsp3) is 0.885. The van der Waals surface area contributed by atoms with Crippen molar-refractivity contribution in [2.24, 2.45) is 0 Å². The lowest BCUT2D eigenvalue weighted by Gasteiger charge is -2.18. The molecule has 1 unspecified atom stereocenters. The number of unbranched alkanes of at least 4 members (excludes halogenated alkanes) is 40. The molecule has 0 saturated heterocycles. The zero-order valence-electron chi connectivity index (χ0n) is 45.2. The summed E-state index contributed by atoms with van der Waals surface area (Å²) in [5.74, 6) is -0.856. The summed E-state index contributed by atoms with van der Waals surface area (Å²) in [6.07, 6.45) is 66.4. The molecule has 0 saturated carbocycles. The first-order valence-corrected chi connectivity index (χ1v) is 29.8. The van der Waals surface area contributed by atoms with Crippen LogP contribution in [0.1, 0.15) is 329 Å². The van der Waals surface area contributed by atoms with E-state index < -0.39 is 6.10 Å². The smallest absolute Gasteiger partial charge is 0.306 e. The van der Waals surface area contributed by atoms with Crippen LogP contribution in [0.3, 0.4) is 0 Å². The molecule has 0 heterocycles. The van der Waals surface area contributed by atoms with Gasteiger partial charge in [0.25, 0.3) is 0 Å². The predicted octanol–water partition coefficient (Wildman–Crippen LogP) is 19.9. The van der Waals surface area contributed by atoms with Gasteiger partial charge in [0.2, 0.25) is 0 Å². The Morgan fingerprint density at radius 2 is 0.537 bits per heavy atom. The summed E-state index contributed by atoms with van der Waals surface area (Å²) in [6.45, 7) is 6.62. The first-order valence-electron chi connectivity index (χ1n) is 29.8. The standard InChI is InChI=1S/C61H114O6/c1-4-7-10-13-16-18-20-22-24-26-27-28-29-30-31-32-33-34-35-36-38-39-41-43-45-48-51-54-60(63)66-57-58(56-65-59(62)53-50-47-15-12-9-6-3)67-61(64)55-52-49-46-44-42-40-37-25-23-21-19-17-14-11-8-5-2/h20,22,26-27,58H,4-19,21,23-25,28-57H2,1-3H3/b22-20-,27-26-. The van der Waals surface area contributed by atoms with Gasteiger partial charge in [-0.05, 0) is 51.4 Å². The van der Waals surface area contributed by atoms with E-state index in [1.807, 2.05) is 0 Å². The van der Waals surface area contributed by atoms with E-state index in [9.17, 15) is 14.4 Å². The van der Waals surface area contributed by atoms with Gasteiger partial charge in [0, 0.05) is 19.3 Å². The van der Waals surface area contributed by atoms with Gasteiger partial charge in [0.05, 0.1) is 0 Å². The molecule has 0 radical (unpaired) electrons. The maximum Gasteiger partial charge on any atom is 0.306 e. The summed E-state index contributed by atoms with van der Waals surface area (Å²) >= 11 is 0. The van der Waals surface area contributed by atoms with Crippen LogP contribution in [0.15, 0.2) is 24.3 Å². The molecule has 0 aliphatic heterocycles. The lowest BCUT2D eigenvalue weighted by atomic mass is 10.0. The Morgan fingerprint density at radius 3 is 0.821 bits per heavy atom. The van der Waals surface area contributed by atoms with Gasteiger partial charge in [-0.3, -0.25) is 14.4 Å². The molecule has 0 aliphatic rings. The van der Waals surface area contributed by atoms with Crippen molar-refractivity contribution >= 4 is 17.9 Å². The normalized spacial score (nSPS) is 12.1. The average Bonchev–Trinajstić information content (AvgIpc) is 3.33. The third kappa shape index (κ3) is 54.7. The molecule has 0 aliphatic carbocycles. The van der Waals surface area contributed by atoms with Crippen LogP contribution in [0.25, 0.3) is 0 Å². The monoisotopic (exact) mass is 943 g/mol. The van der Waals surface area contributed by atoms with Crippen molar-refractivity contribution in [2.45, 2.75) is 335 Å². The van der Waals surface area contributed by atoms with Gasteiger partial charge in [-0.15, -0.1) is 0 Å². The van der Waals surface area contributed by atoms with Crippen LogP contribution in [-0.4, -0.2) is 37.2 Å². The number of allylic oxidation sites excluding steroid dienone is 4. The van der Waals surface area contributed by atoms with E-state index in [0.717, 1.165) is 64.2 Å². The Labute approximate surface area is 417 Å². The molecule has 67 heavy (non-hydrogen) atoms. The number of hydrogen-bond acceptors (Lipinski definition) is 6. The van der Waals surface area contributed by atoms with Crippen LogP contribution >= 0.6 is 0 Å². The van der Waals surface area contributed by atoms with Crippen LogP contribution in [0.5, 0.6) is 0 Å². The van der Waals surface area contributed by atoms with E-state index in [-0.39, 0.29) is 31.1 Å². The SMILES string of the molecule is CCCCCCC/C=C\C/C=C\CCCCCCCCCCCCCCCCCC(=O)OCC(COC(=O)CCCCCCCC)OC(=O)CCCCCCCCCCCCCCCCCC. The maximum absolute atomic E-state index is 12.8. The lowest BCUT2D eigenvalue weighted by Crippen LogP contribution is -2.30. The van der Waals surface area contributed by atoms with Crippen LogP contribution in [0.2, 0.25) is 0 Å². The topological polar surface area (TPSA) is 78.9 Å². The van der Waals surface area contributed by atoms with Crippen molar-refractivity contribution in [3.05, 3.63) is 24.3 Å². The fourth-order valence-electron chi connectivity index (χ4n) is 8.95. The number of esters is 3. The first kappa shape index (κ1) is 64.9. The van der Waals surface area contributed by atoms with Crippen molar-refractivity contribution in [2.75, 3.05) is 13.2 Å². The van der Waals surface area contributed by atoms with Crippen LogP contribution < -0.4 is 0 Å². The highest BCUT2D eigenvalue weighted by atomic mass is 16.6. The van der Waals surface area contributed by atoms with Gasteiger partial charge in [0.1, 0.15) is 13.2 Å². The molecule has 0 rings (SSSR count). The molecule has 0 N–H and O–H groups in total. The van der Waals surface area contributed by atoms with Gasteiger partial charge in [0.15, 0.2) is 6.10 Å². The number of ether oxygens (including phenoxy) is 3. The van der Waals surface area contributed by atoms with Crippen LogP contribution in [0.4, 0.5) is 0 Å². The molecular weight excluding hydrogens is 829 g/mol. The zero-order valence-corrected chi connectivity index (χ0v) is 45.2. The molecule has 1 atom stereocenters. The minimum Gasteiger partial charge on any atom is -0.462 e. The molecule has 0 bridgehead atoms. The molecule has 6 heteroatoms. The van der Waals surface area contributed by atoms with Crippen molar-refractivity contribution in [3.63, 3.8) is 0 Å². The minimum absolute atomic E-state index is 0.0660. The van der Waals surface area contributed by atoms with Crippen molar-refractivity contribution < 1.29 is 28.6 Å². The summed E-state index contributed by atoms with van der Waals surface area (Å²) in [7, 11) is 0. The lowest BCUT2D eigenvalue weighted by molar-refractivity contribution is -0.167. The second kappa shape index (κ2) is 56.5. The highest BCUT2D eigenvalue weighted by molar-refractivity contribution is 5.71. The number of hydrogen-bond donors (Lipinski definition) is 0. The van der Waals surface area contributed by atoms with Crippen molar-refractivity contribution in [1.82, 2.24) is 0 Å². The summed E-state index contributed by atoms with van der Waals surface area (Å²) < 4.78 is 16.8. The zero-order chi connectivity index (χ0) is 48.6. The molecule has 394 valence electrons. The Kier molecular flexibility index (Phi) is 54.7. The van der Waals surface area contributed by atoms with Gasteiger partial charge in [-0.25, -0.2) is 0 Å². The first-order chi connectivity index (χ1) is 33.0. The highest BCUT2D eigenvalue weighted by Gasteiger charge is 2.19. The maximum atomic E-state index is 12.8. The van der Waals surface area contributed by atoms with E-state index in [2.05, 4.69) is 45.1 Å². The van der Waals surface area contributed by atoms with Gasteiger partial charge < -0.3 is 14.2 Å². The summed E-state index contributed by atoms with van der Waals surface area (Å²) in [4.78, 5) is 37.9. The van der Waals surface area contributed by atoms with E-state index >= 15 is 0 Å². The minimum atomic E-state index is -0.763. The van der Waals surface area contributed by atoms with Gasteiger partial charge >= 0.3 is 17.9 Å². The van der Waals surface area contributed by atoms with E-state index in [1.165, 1.54) is 225 Å². The Balaban J connectivity index is 4.02. The molecule has 0 spiro atoms. The Bertz CT molecular complexity index is 1080. The van der Waals surface area contributed by atoms with Crippen LogP contribution in [0, 0.1) is 0 Å². The molecule has 0 amide bonds. The van der Waals surface area contributed by atoms with Gasteiger partial charge in [-0.2, -0.15) is 0 Å². The van der Waals surface area contributed by atoms with E-state index in [0.29, 0.717) is 19.3 Å². The molecule has 6 nitrogen and oxygen atoms in total. The third-order valence-electron chi connectivity index (χ3n) is 13.5. The average molecular weight is 944 g/mol. The number of carbonyl (C=O) groups is 3. The molecule has 0 aromatic carbocycles. The van der Waals surface area contributed by atoms with Crippen molar-refractivity contribution in [1.29, 1.82) is 0 Å².